The maximum atomic E-state index is 13.9. The van der Waals surface area contributed by atoms with Crippen molar-refractivity contribution in [2.24, 2.45) is 0 Å². The Morgan fingerprint density at radius 2 is 2.00 bits per heavy atom. The number of benzene rings is 2. The molecule has 1 N–H and O–H groups in total. The minimum absolute atomic E-state index is 0.0399. The predicted molar refractivity (Wildman–Crippen MR) is 118 cm³/mol. The van der Waals surface area contributed by atoms with Crippen LogP contribution >= 0.6 is 22.9 Å². The number of sulfone groups is 1. The van der Waals surface area contributed by atoms with Crippen LogP contribution in [0.1, 0.15) is 16.1 Å². The molecule has 0 aliphatic heterocycles. The normalized spacial score (nSPS) is 11.5. The first-order valence-electron chi connectivity index (χ1n) is 9.01. The second-order valence-electron chi connectivity index (χ2n) is 6.51. The van der Waals surface area contributed by atoms with Crippen molar-refractivity contribution < 1.29 is 22.3 Å². The maximum absolute atomic E-state index is 13.9. The van der Waals surface area contributed by atoms with Gasteiger partial charge in [-0.25, -0.2) is 27.8 Å². The summed E-state index contributed by atoms with van der Waals surface area (Å²) >= 11 is 7.24. The molecule has 0 bridgehead atoms. The van der Waals surface area contributed by atoms with E-state index in [-0.39, 0.29) is 21.4 Å². The number of nitrogens with zero attached hydrogens (tertiary/aromatic N) is 3. The zero-order valence-corrected chi connectivity index (χ0v) is 18.8. The van der Waals surface area contributed by atoms with Crippen molar-refractivity contribution in [1.29, 1.82) is 0 Å². The molecule has 1 amide bonds. The van der Waals surface area contributed by atoms with Crippen molar-refractivity contribution in [3.63, 3.8) is 0 Å². The average molecular weight is 493 g/mol. The first-order chi connectivity index (χ1) is 15.3. The van der Waals surface area contributed by atoms with E-state index < -0.39 is 32.5 Å². The standard InChI is InChI=1S/C20H14ClFN4O4S2/c1-30-12-6-7-15-16(8-12)31-19(24-15)26-18(27)17-13(21)9-23-20(25-17)32(28,29)10-11-4-2-3-5-14(11)22/h2-9H,10H2,1H3,(H,24,26,27). The quantitative estimate of drug-likeness (QED) is 0.403. The van der Waals surface area contributed by atoms with Crippen LogP contribution in [0.4, 0.5) is 9.52 Å². The van der Waals surface area contributed by atoms with Crippen LogP contribution in [0.15, 0.2) is 53.8 Å². The zero-order chi connectivity index (χ0) is 22.9. The molecule has 0 unspecified atom stereocenters. The summed E-state index contributed by atoms with van der Waals surface area (Å²) in [6, 6.07) is 10.7. The van der Waals surface area contributed by atoms with E-state index in [9.17, 15) is 17.6 Å². The van der Waals surface area contributed by atoms with Crippen LogP contribution in [0.2, 0.25) is 5.02 Å². The van der Waals surface area contributed by atoms with Gasteiger partial charge in [0.2, 0.25) is 15.0 Å². The number of amides is 1. The highest BCUT2D eigenvalue weighted by atomic mass is 35.5. The fourth-order valence-electron chi connectivity index (χ4n) is 2.79. The number of aromatic nitrogens is 3. The zero-order valence-electron chi connectivity index (χ0n) is 16.4. The summed E-state index contributed by atoms with van der Waals surface area (Å²) in [7, 11) is -2.60. The smallest absolute Gasteiger partial charge is 0.277 e. The Bertz CT molecular complexity index is 1440. The van der Waals surface area contributed by atoms with Crippen LogP contribution in [-0.2, 0) is 15.6 Å². The number of ether oxygens (including phenoxy) is 1. The Labute approximate surface area is 191 Å². The van der Waals surface area contributed by atoms with Crippen molar-refractivity contribution >= 4 is 54.0 Å². The van der Waals surface area contributed by atoms with Crippen LogP contribution < -0.4 is 10.1 Å². The van der Waals surface area contributed by atoms with E-state index in [4.69, 9.17) is 16.3 Å². The summed E-state index contributed by atoms with van der Waals surface area (Å²) in [6.07, 6.45) is 1.01. The molecule has 2 aromatic carbocycles. The van der Waals surface area contributed by atoms with Gasteiger partial charge in [-0.1, -0.05) is 41.1 Å². The third-order valence-electron chi connectivity index (χ3n) is 4.33. The number of hydrogen-bond acceptors (Lipinski definition) is 8. The largest absolute Gasteiger partial charge is 0.497 e. The number of carbonyl (C=O) groups is 1. The number of rotatable bonds is 6. The highest BCUT2D eigenvalue weighted by Gasteiger charge is 2.24. The van der Waals surface area contributed by atoms with E-state index in [0.717, 1.165) is 17.0 Å². The Kier molecular flexibility index (Phi) is 6.04. The molecule has 4 rings (SSSR count). The third-order valence-corrected chi connectivity index (χ3v) is 6.99. The van der Waals surface area contributed by atoms with Crippen molar-refractivity contribution in [3.8, 4) is 5.75 Å². The van der Waals surface area contributed by atoms with Gasteiger partial charge in [-0.3, -0.25) is 10.1 Å². The molecule has 0 aliphatic rings. The Balaban J connectivity index is 1.61. The molecule has 2 aromatic heterocycles. The molecule has 0 radical (unpaired) electrons. The summed E-state index contributed by atoms with van der Waals surface area (Å²) in [5.74, 6) is -1.45. The van der Waals surface area contributed by atoms with Gasteiger partial charge >= 0.3 is 0 Å². The summed E-state index contributed by atoms with van der Waals surface area (Å²) in [5, 5.41) is 2.05. The number of carbonyl (C=O) groups excluding carboxylic acids is 1. The first-order valence-corrected chi connectivity index (χ1v) is 11.9. The van der Waals surface area contributed by atoms with Gasteiger partial charge < -0.3 is 4.74 Å². The number of nitrogens with one attached hydrogen (secondary N) is 1. The number of anilines is 1. The molecular weight excluding hydrogens is 479 g/mol. The number of hydrogen-bond donors (Lipinski definition) is 1. The Hall–Kier alpha value is -3.15. The van der Waals surface area contributed by atoms with E-state index in [0.29, 0.717) is 11.3 Å². The molecule has 0 atom stereocenters. The van der Waals surface area contributed by atoms with Crippen LogP contribution in [0.3, 0.4) is 0 Å². The molecule has 0 saturated carbocycles. The number of fused-ring (bicyclic) bond motifs is 1. The summed E-state index contributed by atoms with van der Waals surface area (Å²) in [5.41, 5.74) is 0.264. The Morgan fingerprint density at radius 3 is 2.75 bits per heavy atom. The fourth-order valence-corrected chi connectivity index (χ4v) is 5.07. The average Bonchev–Trinajstić information content (AvgIpc) is 3.16. The van der Waals surface area contributed by atoms with Crippen molar-refractivity contribution in [2.75, 3.05) is 12.4 Å². The minimum atomic E-state index is -4.14. The van der Waals surface area contributed by atoms with Crippen LogP contribution in [0.25, 0.3) is 10.2 Å². The molecule has 0 aliphatic carbocycles. The van der Waals surface area contributed by atoms with Crippen LogP contribution in [0.5, 0.6) is 5.75 Å². The molecule has 32 heavy (non-hydrogen) atoms. The van der Waals surface area contributed by atoms with E-state index in [1.165, 1.54) is 29.5 Å². The molecule has 0 fully saturated rings. The Morgan fingerprint density at radius 1 is 1.22 bits per heavy atom. The predicted octanol–water partition coefficient (Wildman–Crippen LogP) is 4.11. The fraction of sp³-hybridized carbons (Fsp3) is 0.100. The van der Waals surface area contributed by atoms with E-state index in [1.807, 2.05) is 0 Å². The van der Waals surface area contributed by atoms with E-state index >= 15 is 0 Å². The van der Waals surface area contributed by atoms with Crippen molar-refractivity contribution in [1.82, 2.24) is 15.0 Å². The lowest BCUT2D eigenvalue weighted by Gasteiger charge is -2.07. The molecule has 0 saturated heterocycles. The van der Waals surface area contributed by atoms with Gasteiger partial charge in [-0.05, 0) is 24.3 Å². The minimum Gasteiger partial charge on any atom is -0.497 e. The number of halogens is 2. The van der Waals surface area contributed by atoms with Crippen molar-refractivity contribution in [3.05, 3.63) is 70.8 Å². The molecule has 8 nitrogen and oxygen atoms in total. The summed E-state index contributed by atoms with van der Waals surface area (Å²) < 4.78 is 45.2. The second kappa shape index (κ2) is 8.77. The monoisotopic (exact) mass is 492 g/mol. The van der Waals surface area contributed by atoms with Crippen LogP contribution in [-0.4, -0.2) is 36.4 Å². The van der Waals surface area contributed by atoms with Gasteiger partial charge in [-0.2, -0.15) is 0 Å². The highest BCUT2D eigenvalue weighted by Crippen LogP contribution is 2.29. The van der Waals surface area contributed by atoms with Gasteiger partial charge in [-0.15, -0.1) is 0 Å². The second-order valence-corrected chi connectivity index (χ2v) is 9.83. The van der Waals surface area contributed by atoms with Crippen molar-refractivity contribution in [2.45, 2.75) is 10.9 Å². The number of methoxy groups -OCH3 is 1. The van der Waals surface area contributed by atoms with Gasteiger partial charge in [0.15, 0.2) is 10.8 Å². The summed E-state index contributed by atoms with van der Waals surface area (Å²) in [6.45, 7) is 0. The van der Waals surface area contributed by atoms with E-state index in [2.05, 4.69) is 20.3 Å². The molecule has 2 heterocycles. The lowest BCUT2D eigenvalue weighted by Crippen LogP contribution is -2.18. The first kappa shape index (κ1) is 22.1. The van der Waals surface area contributed by atoms with E-state index in [1.54, 1.807) is 25.3 Å². The molecular formula is C20H14ClFN4O4S2. The number of thiazole rings is 1. The van der Waals surface area contributed by atoms with Gasteiger partial charge in [0.25, 0.3) is 5.91 Å². The van der Waals surface area contributed by atoms with Gasteiger partial charge in [0, 0.05) is 5.56 Å². The molecule has 164 valence electrons. The maximum Gasteiger partial charge on any atom is 0.277 e. The topological polar surface area (TPSA) is 111 Å². The van der Waals surface area contributed by atoms with Gasteiger partial charge in [0.1, 0.15) is 11.6 Å². The lowest BCUT2D eigenvalue weighted by molar-refractivity contribution is 0.102. The van der Waals surface area contributed by atoms with Gasteiger partial charge in [0.05, 0.1) is 34.3 Å². The SMILES string of the molecule is COc1ccc2nc(NC(=O)c3nc(S(=O)(=O)Cc4ccccc4F)ncc3Cl)sc2c1. The molecule has 0 spiro atoms. The lowest BCUT2D eigenvalue weighted by atomic mass is 10.2. The third kappa shape index (κ3) is 4.54. The highest BCUT2D eigenvalue weighted by molar-refractivity contribution is 7.90. The molecule has 12 heteroatoms. The molecule has 4 aromatic rings. The summed E-state index contributed by atoms with van der Waals surface area (Å²) in [4.78, 5) is 24.6. The van der Waals surface area contributed by atoms with Crippen LogP contribution in [0, 0.1) is 5.82 Å².